The number of rotatable bonds is 6. The second kappa shape index (κ2) is 20.5. The first-order chi connectivity index (χ1) is 38.5. The molecule has 2 aromatic heterocycles. The van der Waals surface area contributed by atoms with Crippen LogP contribution in [-0.2, 0) is 38.8 Å². The van der Waals surface area contributed by atoms with Gasteiger partial charge in [0.25, 0.3) is 0 Å². The number of nitrogens with zero attached hydrogens (tertiary/aromatic N) is 4. The van der Waals surface area contributed by atoms with Crippen molar-refractivity contribution in [3.63, 3.8) is 0 Å². The van der Waals surface area contributed by atoms with Crippen LogP contribution in [0.25, 0.3) is 67.3 Å². The average Bonchev–Trinajstić information content (AvgIpc) is 2.56. The molecular formula is C68H74B3ClN4O6. The van der Waals surface area contributed by atoms with Gasteiger partial charge in [-0.1, -0.05) is 148 Å². The summed E-state index contributed by atoms with van der Waals surface area (Å²) in [5.74, 6) is 0. The first kappa shape index (κ1) is 57.5. The van der Waals surface area contributed by atoms with Gasteiger partial charge in [-0.15, -0.1) is 0 Å². The van der Waals surface area contributed by atoms with Crippen LogP contribution in [0.15, 0.2) is 158 Å². The van der Waals surface area contributed by atoms with Crippen molar-refractivity contribution in [1.82, 2.24) is 19.9 Å². The van der Waals surface area contributed by atoms with Crippen LogP contribution < -0.4 is 5.46 Å². The van der Waals surface area contributed by atoms with Crippen molar-refractivity contribution in [3.8, 4) is 67.3 Å². The average molecular weight is 1110 g/mol. The van der Waals surface area contributed by atoms with E-state index >= 15 is 0 Å². The summed E-state index contributed by atoms with van der Waals surface area (Å²) in [6.07, 6.45) is 3.28. The summed E-state index contributed by atoms with van der Waals surface area (Å²) < 4.78 is 36.4. The lowest BCUT2D eigenvalue weighted by Crippen LogP contribution is -2.41. The minimum Gasteiger partial charge on any atom is -0.405 e. The Bertz CT molecular complexity index is 3680. The molecule has 0 saturated carbocycles. The molecule has 0 spiro atoms. The van der Waals surface area contributed by atoms with E-state index in [0.29, 0.717) is 5.02 Å². The van der Waals surface area contributed by atoms with Crippen LogP contribution >= 0.6 is 11.6 Å². The van der Waals surface area contributed by atoms with Gasteiger partial charge in [-0.2, -0.15) is 0 Å². The zero-order valence-electron chi connectivity index (χ0n) is 50.4. The van der Waals surface area contributed by atoms with E-state index in [9.17, 15) is 0 Å². The van der Waals surface area contributed by atoms with Crippen molar-refractivity contribution in [1.29, 1.82) is 0 Å². The van der Waals surface area contributed by atoms with E-state index in [1.165, 1.54) is 44.5 Å². The SMILES string of the molecule is CC1(C)OB(B2OC(C)(C)C(C)(C)O2)OC1(C)C.CC1(C)c2ccccc2-c2ccc(-c3cc(-c4cccc(B5OC(C)(C)C(C)(C)O5)c4)ncn3)cc21.CC1(C)c2ccccc2-c2ccc(-c3cc(-c4cccc(Cl)c4)ncn3)cc21. The van der Waals surface area contributed by atoms with E-state index < -0.39 is 21.1 Å². The topological polar surface area (TPSA) is 107 Å². The number of fused-ring (bicyclic) bond motifs is 6. The van der Waals surface area contributed by atoms with Gasteiger partial charge in [0.1, 0.15) is 12.7 Å². The quantitative estimate of drug-likeness (QED) is 0.149. The van der Waals surface area contributed by atoms with Crippen molar-refractivity contribution in [3.05, 3.63) is 186 Å². The third-order valence-corrected chi connectivity index (χ3v) is 18.9. The zero-order valence-corrected chi connectivity index (χ0v) is 51.1. The molecule has 3 aliphatic heterocycles. The summed E-state index contributed by atoms with van der Waals surface area (Å²) in [4.78, 5) is 18.2. The van der Waals surface area contributed by atoms with Crippen LogP contribution in [0.5, 0.6) is 0 Å². The van der Waals surface area contributed by atoms with Gasteiger partial charge in [0.05, 0.1) is 56.4 Å². The molecular weight excluding hydrogens is 1040 g/mol. The highest BCUT2D eigenvalue weighted by atomic mass is 35.5. The molecule has 3 saturated heterocycles. The molecule has 5 heterocycles. The van der Waals surface area contributed by atoms with Crippen molar-refractivity contribution in [2.24, 2.45) is 0 Å². The van der Waals surface area contributed by atoms with Gasteiger partial charge in [0.2, 0.25) is 0 Å². The predicted molar refractivity (Wildman–Crippen MR) is 334 cm³/mol. The number of aromatic nitrogens is 4. The molecule has 6 aromatic carbocycles. The fraction of sp³-hybridized carbons (Fsp3) is 0.353. The molecule has 10 nitrogen and oxygen atoms in total. The predicted octanol–water partition coefficient (Wildman–Crippen LogP) is 15.4. The first-order valence-corrected chi connectivity index (χ1v) is 28.9. The van der Waals surface area contributed by atoms with Crippen LogP contribution in [0.2, 0.25) is 5.02 Å². The van der Waals surface area contributed by atoms with Crippen molar-refractivity contribution in [2.75, 3.05) is 0 Å². The normalized spacial score (nSPS) is 19.9. The van der Waals surface area contributed by atoms with Gasteiger partial charge >= 0.3 is 21.1 Å². The molecule has 8 aromatic rings. The summed E-state index contributed by atoms with van der Waals surface area (Å²) in [6.45, 7) is 33.7. The van der Waals surface area contributed by atoms with Crippen molar-refractivity contribution >= 4 is 38.2 Å². The van der Waals surface area contributed by atoms with Gasteiger partial charge in [-0.25, -0.2) is 19.9 Å². The Labute approximate surface area is 491 Å². The Morgan fingerprint density at radius 1 is 0.317 bits per heavy atom. The van der Waals surface area contributed by atoms with Gasteiger partial charge in [-0.3, -0.25) is 0 Å². The van der Waals surface area contributed by atoms with Crippen molar-refractivity contribution < 1.29 is 27.9 Å². The smallest absolute Gasteiger partial charge is 0.405 e. The maximum atomic E-state index is 6.27. The summed E-state index contributed by atoms with van der Waals surface area (Å²) in [5.41, 5.74) is 17.2. The summed E-state index contributed by atoms with van der Waals surface area (Å²) in [7, 11) is -1.36. The molecule has 13 rings (SSSR count). The summed E-state index contributed by atoms with van der Waals surface area (Å²) in [6, 6.07) is 50.8. The van der Waals surface area contributed by atoms with E-state index in [-0.39, 0.29) is 44.4 Å². The van der Waals surface area contributed by atoms with E-state index in [1.54, 1.807) is 12.7 Å². The second-order valence-electron chi connectivity index (χ2n) is 26.4. The van der Waals surface area contributed by atoms with Crippen LogP contribution in [0.4, 0.5) is 0 Å². The van der Waals surface area contributed by atoms with Crippen molar-refractivity contribution in [2.45, 2.75) is 155 Å². The molecule has 0 N–H and O–H groups in total. The highest BCUT2D eigenvalue weighted by Crippen LogP contribution is 2.51. The number of hydrogen-bond donors (Lipinski definition) is 0. The zero-order chi connectivity index (χ0) is 58.6. The first-order valence-electron chi connectivity index (χ1n) is 28.6. The summed E-state index contributed by atoms with van der Waals surface area (Å²) in [5, 5.41) is 0.703. The minimum atomic E-state index is -0.476. The molecule has 0 bridgehead atoms. The van der Waals surface area contributed by atoms with E-state index in [1.807, 2.05) is 97.9 Å². The molecule has 82 heavy (non-hydrogen) atoms. The van der Waals surface area contributed by atoms with E-state index in [0.717, 1.165) is 50.5 Å². The molecule has 5 aliphatic rings. The third kappa shape index (κ3) is 10.3. The number of halogens is 1. The Balaban J connectivity index is 0.000000137. The van der Waals surface area contributed by atoms with Crippen LogP contribution in [0.1, 0.15) is 133 Å². The molecule has 418 valence electrons. The Morgan fingerprint density at radius 3 is 1.06 bits per heavy atom. The monoisotopic (exact) mass is 1110 g/mol. The lowest BCUT2D eigenvalue weighted by Gasteiger charge is -2.32. The highest BCUT2D eigenvalue weighted by Gasteiger charge is 2.64. The van der Waals surface area contributed by atoms with Gasteiger partial charge in [0, 0.05) is 32.5 Å². The van der Waals surface area contributed by atoms with E-state index in [4.69, 9.17) is 39.5 Å². The molecule has 14 heteroatoms. The Morgan fingerprint density at radius 2 is 0.659 bits per heavy atom. The van der Waals surface area contributed by atoms with Crippen LogP contribution in [-0.4, -0.2) is 74.7 Å². The molecule has 3 fully saturated rings. The molecule has 0 unspecified atom stereocenters. The maximum Gasteiger partial charge on any atom is 0.494 e. The van der Waals surface area contributed by atoms with Crippen LogP contribution in [0.3, 0.4) is 0 Å². The molecule has 0 atom stereocenters. The lowest BCUT2D eigenvalue weighted by molar-refractivity contribution is 0.00578. The maximum absolute atomic E-state index is 6.27. The van der Waals surface area contributed by atoms with Gasteiger partial charge in [-0.05, 0) is 175 Å². The Hall–Kier alpha value is -6.28. The fourth-order valence-corrected chi connectivity index (χ4v) is 11.7. The number of hydrogen-bond acceptors (Lipinski definition) is 10. The third-order valence-electron chi connectivity index (χ3n) is 18.7. The minimum absolute atomic E-state index is 0.0231. The van der Waals surface area contributed by atoms with E-state index in [2.05, 4.69) is 178 Å². The largest absolute Gasteiger partial charge is 0.494 e. The lowest BCUT2D eigenvalue weighted by atomic mass is 9.49. The number of benzene rings is 6. The van der Waals surface area contributed by atoms with Crippen LogP contribution in [0, 0.1) is 0 Å². The summed E-state index contributed by atoms with van der Waals surface area (Å²) >= 11 is 6.15. The highest BCUT2D eigenvalue weighted by molar-refractivity contribution is 7.11. The molecule has 0 amide bonds. The van der Waals surface area contributed by atoms with Gasteiger partial charge in [0.15, 0.2) is 0 Å². The molecule has 2 aliphatic carbocycles. The second-order valence-corrected chi connectivity index (χ2v) is 26.8. The van der Waals surface area contributed by atoms with Gasteiger partial charge < -0.3 is 27.9 Å². The Kier molecular flexibility index (Phi) is 14.4. The fourth-order valence-electron chi connectivity index (χ4n) is 11.5. The standard InChI is InChI=1S/C31H31BN2O2.C25H19ClN2.C12H24B2O4/c1-29(2)25-13-8-7-12-23(25)24-15-14-21(17-26(24)29)28-18-27(33-19-34-28)20-10-9-11-22(16-20)32-35-30(3,4)31(5,6)36-32;1-25(2)21-9-4-3-8-19(21)20-11-10-17(13-22(20)25)24-14-23(27-15-28-24)16-6-5-7-18(26)12-16;1-9(2)10(3,4)16-13(15-9)14-17-11(5,6)12(7,8)18-14/h7-19H,1-6H3;3-15H,1-2H3;1-8H3. The molecule has 0 radical (unpaired) electrons.